The largest absolute Gasteiger partial charge is 0.377 e. The first-order valence-corrected chi connectivity index (χ1v) is 9.88. The zero-order valence-electron chi connectivity index (χ0n) is 12.8. The number of rotatable bonds is 6. The van der Waals surface area contributed by atoms with Crippen molar-refractivity contribution >= 4 is 21.4 Å². The molecule has 0 radical (unpaired) electrons. The lowest BCUT2D eigenvalue weighted by atomic mass is 10.2. The highest BCUT2D eigenvalue weighted by molar-refractivity contribution is 7.89. The van der Waals surface area contributed by atoms with Gasteiger partial charge in [-0.2, -0.15) is 4.31 Å². The van der Waals surface area contributed by atoms with Gasteiger partial charge in [-0.05, 0) is 36.4 Å². The van der Waals surface area contributed by atoms with Gasteiger partial charge in [0.2, 0.25) is 10.0 Å². The van der Waals surface area contributed by atoms with E-state index < -0.39 is 26.6 Å². The molecule has 1 fully saturated rings. The third kappa shape index (κ3) is 3.66. The molecule has 0 saturated carbocycles. The van der Waals surface area contributed by atoms with Crippen LogP contribution in [0.5, 0.6) is 0 Å². The number of halogens is 2. The predicted octanol–water partition coefficient (Wildman–Crippen LogP) is 3.40. The van der Waals surface area contributed by atoms with Crippen LogP contribution in [0.2, 0.25) is 0 Å². The number of ether oxygens (including phenoxy) is 1. The number of hydrogen-bond donors (Lipinski definition) is 0. The van der Waals surface area contributed by atoms with Gasteiger partial charge in [-0.3, -0.25) is 0 Å². The van der Waals surface area contributed by atoms with Gasteiger partial charge in [0, 0.05) is 24.6 Å². The molecule has 8 heteroatoms. The summed E-state index contributed by atoms with van der Waals surface area (Å²) >= 11 is 1.39. The fraction of sp³-hybridized carbons (Fsp3) is 0.375. The van der Waals surface area contributed by atoms with Crippen LogP contribution in [-0.2, 0) is 21.3 Å². The lowest BCUT2D eigenvalue weighted by Gasteiger charge is -2.24. The quantitative estimate of drug-likeness (QED) is 0.780. The molecule has 0 bridgehead atoms. The Labute approximate surface area is 143 Å². The Kier molecular flexibility index (Phi) is 5.29. The molecule has 1 aromatic heterocycles. The standard InChI is InChI=1S/C16H17F2NO3S2/c17-14-6-1-7-15(18)16(14)24(20,21)19(10-12-4-2-8-22-12)11-13-5-3-9-23-13/h1,3,5-7,9,12H,2,4,8,10-11H2/t12-/m1/s1. The van der Waals surface area contributed by atoms with Crippen molar-refractivity contribution in [3.05, 3.63) is 52.2 Å². The van der Waals surface area contributed by atoms with Crippen molar-refractivity contribution in [2.45, 2.75) is 30.4 Å². The maximum Gasteiger partial charge on any atom is 0.249 e. The van der Waals surface area contributed by atoms with Crippen molar-refractivity contribution in [2.24, 2.45) is 0 Å². The first-order valence-electron chi connectivity index (χ1n) is 7.56. The molecule has 2 heterocycles. The van der Waals surface area contributed by atoms with Crippen LogP contribution in [0, 0.1) is 11.6 Å². The molecule has 2 aromatic rings. The zero-order valence-corrected chi connectivity index (χ0v) is 14.5. The maximum atomic E-state index is 14.0. The van der Waals surface area contributed by atoms with E-state index in [9.17, 15) is 17.2 Å². The predicted molar refractivity (Wildman–Crippen MR) is 87.2 cm³/mol. The van der Waals surface area contributed by atoms with Gasteiger partial charge < -0.3 is 4.74 Å². The monoisotopic (exact) mass is 373 g/mol. The molecule has 4 nitrogen and oxygen atoms in total. The minimum absolute atomic E-state index is 0.0631. The Hall–Kier alpha value is -1.35. The molecule has 3 rings (SSSR count). The van der Waals surface area contributed by atoms with Crippen LogP contribution in [0.4, 0.5) is 8.78 Å². The van der Waals surface area contributed by atoms with Gasteiger partial charge in [-0.25, -0.2) is 17.2 Å². The van der Waals surface area contributed by atoms with Crippen LogP contribution in [0.3, 0.4) is 0 Å². The lowest BCUT2D eigenvalue weighted by molar-refractivity contribution is 0.0926. The molecule has 130 valence electrons. The smallest absolute Gasteiger partial charge is 0.249 e. The summed E-state index contributed by atoms with van der Waals surface area (Å²) in [4.78, 5) is -0.104. The van der Waals surface area contributed by atoms with Crippen LogP contribution in [-0.4, -0.2) is 32.0 Å². The highest BCUT2D eigenvalue weighted by Crippen LogP contribution is 2.27. The van der Waals surface area contributed by atoms with Crippen LogP contribution in [0.25, 0.3) is 0 Å². The van der Waals surface area contributed by atoms with Crippen molar-refractivity contribution in [3.8, 4) is 0 Å². The summed E-state index contributed by atoms with van der Waals surface area (Å²) in [5.41, 5.74) is 0. The Morgan fingerprint density at radius 3 is 2.54 bits per heavy atom. The minimum atomic E-state index is -4.32. The van der Waals surface area contributed by atoms with Gasteiger partial charge in [-0.1, -0.05) is 12.1 Å². The average molecular weight is 373 g/mol. The second-order valence-corrected chi connectivity index (χ2v) is 8.47. The molecule has 1 aromatic carbocycles. The highest BCUT2D eigenvalue weighted by Gasteiger charge is 2.33. The van der Waals surface area contributed by atoms with Crippen molar-refractivity contribution in [1.82, 2.24) is 4.31 Å². The second-order valence-electron chi connectivity index (χ2n) is 5.56. The molecule has 1 saturated heterocycles. The van der Waals surface area contributed by atoms with Gasteiger partial charge >= 0.3 is 0 Å². The Morgan fingerprint density at radius 2 is 1.96 bits per heavy atom. The summed E-state index contributed by atoms with van der Waals surface area (Å²) in [5, 5.41) is 1.83. The minimum Gasteiger partial charge on any atom is -0.377 e. The molecule has 24 heavy (non-hydrogen) atoms. The van der Waals surface area contributed by atoms with Gasteiger partial charge in [0.15, 0.2) is 4.90 Å². The number of benzene rings is 1. The second kappa shape index (κ2) is 7.26. The number of nitrogens with zero attached hydrogens (tertiary/aromatic N) is 1. The Morgan fingerprint density at radius 1 is 1.21 bits per heavy atom. The molecule has 0 aliphatic carbocycles. The van der Waals surface area contributed by atoms with E-state index in [1.807, 2.05) is 5.38 Å². The molecular formula is C16H17F2NO3S2. The van der Waals surface area contributed by atoms with Crippen molar-refractivity contribution in [2.75, 3.05) is 13.2 Å². The van der Waals surface area contributed by atoms with Crippen molar-refractivity contribution in [3.63, 3.8) is 0 Å². The average Bonchev–Trinajstić information content (AvgIpc) is 3.19. The third-order valence-corrected chi connectivity index (χ3v) is 6.59. The highest BCUT2D eigenvalue weighted by atomic mass is 32.2. The van der Waals surface area contributed by atoms with E-state index in [0.717, 1.165) is 40.2 Å². The Balaban J connectivity index is 1.96. The summed E-state index contributed by atoms with van der Waals surface area (Å²) < 4.78 is 60.4. The summed E-state index contributed by atoms with van der Waals surface area (Å²) in [6.07, 6.45) is 1.33. The van der Waals surface area contributed by atoms with Crippen LogP contribution in [0.1, 0.15) is 17.7 Å². The molecule has 1 atom stereocenters. The van der Waals surface area contributed by atoms with E-state index in [2.05, 4.69) is 0 Å². The SMILES string of the molecule is O=S(=O)(c1c(F)cccc1F)N(Cc1cccs1)C[C@H]1CCCO1. The van der Waals surface area contributed by atoms with Gasteiger partial charge in [0.1, 0.15) is 11.6 Å². The van der Waals surface area contributed by atoms with Gasteiger partial charge in [-0.15, -0.1) is 11.3 Å². The van der Waals surface area contributed by atoms with Crippen LogP contribution in [0.15, 0.2) is 40.6 Å². The van der Waals surface area contributed by atoms with Crippen LogP contribution < -0.4 is 0 Å². The van der Waals surface area contributed by atoms with E-state index >= 15 is 0 Å². The summed E-state index contributed by atoms with van der Waals surface area (Å²) in [6, 6.07) is 6.64. The van der Waals surface area contributed by atoms with Gasteiger partial charge in [0.05, 0.1) is 6.10 Å². The normalized spacial score (nSPS) is 18.4. The molecule has 0 unspecified atom stereocenters. The molecule has 0 amide bonds. The van der Waals surface area contributed by atoms with Crippen LogP contribution >= 0.6 is 11.3 Å². The molecule has 0 spiro atoms. The van der Waals surface area contributed by atoms with E-state index in [0.29, 0.717) is 6.61 Å². The topological polar surface area (TPSA) is 46.6 Å². The number of hydrogen-bond acceptors (Lipinski definition) is 4. The maximum absolute atomic E-state index is 14.0. The number of thiophene rings is 1. The Bertz CT molecular complexity index is 767. The van der Waals surface area contributed by atoms with E-state index in [1.165, 1.54) is 11.3 Å². The molecule has 1 aliphatic heterocycles. The molecule has 0 N–H and O–H groups in total. The van der Waals surface area contributed by atoms with Crippen molar-refractivity contribution < 1.29 is 21.9 Å². The zero-order chi connectivity index (χ0) is 17.2. The summed E-state index contributed by atoms with van der Waals surface area (Å²) in [5.74, 6) is -2.17. The summed E-state index contributed by atoms with van der Waals surface area (Å²) in [6.45, 7) is 0.716. The third-order valence-electron chi connectivity index (χ3n) is 3.86. The number of sulfonamides is 1. The fourth-order valence-corrected chi connectivity index (χ4v) is 5.06. The van der Waals surface area contributed by atoms with E-state index in [4.69, 9.17) is 4.74 Å². The van der Waals surface area contributed by atoms with E-state index in [-0.39, 0.29) is 19.2 Å². The molecular weight excluding hydrogens is 356 g/mol. The summed E-state index contributed by atoms with van der Waals surface area (Å²) in [7, 11) is -4.32. The van der Waals surface area contributed by atoms with Gasteiger partial charge in [0.25, 0.3) is 0 Å². The fourth-order valence-electron chi connectivity index (χ4n) is 2.70. The van der Waals surface area contributed by atoms with Crippen molar-refractivity contribution in [1.29, 1.82) is 0 Å². The first kappa shape index (κ1) is 17.5. The first-order chi connectivity index (χ1) is 11.5. The van der Waals surface area contributed by atoms with E-state index in [1.54, 1.807) is 12.1 Å². The lowest BCUT2D eigenvalue weighted by Crippen LogP contribution is -2.37. The molecule has 1 aliphatic rings.